The first kappa shape index (κ1) is 24.9. The molecule has 0 unspecified atom stereocenters. The fourth-order valence-electron chi connectivity index (χ4n) is 4.33. The van der Waals surface area contributed by atoms with Gasteiger partial charge in [-0.15, -0.1) is 0 Å². The van der Waals surface area contributed by atoms with Crippen LogP contribution in [0.2, 0.25) is 0 Å². The molecule has 1 heterocycles. The predicted octanol–water partition coefficient (Wildman–Crippen LogP) is 5.50. The second kappa shape index (κ2) is 11.1. The Balaban J connectivity index is 1.31. The number of carbonyl (C=O) groups excluding carboxylic acids is 2. The van der Waals surface area contributed by atoms with Crippen LogP contribution in [0.4, 0.5) is 0 Å². The zero-order valence-electron chi connectivity index (χ0n) is 20.9. The van der Waals surface area contributed by atoms with Gasteiger partial charge in [-0.2, -0.15) is 0 Å². The minimum Gasteiger partial charge on any atom is -0.489 e. The molecule has 1 amide bonds. The molecule has 1 aliphatic rings. The first-order chi connectivity index (χ1) is 18.5. The highest BCUT2D eigenvalue weighted by Gasteiger charge is 2.15. The van der Waals surface area contributed by atoms with Gasteiger partial charge in [0, 0.05) is 11.6 Å². The van der Waals surface area contributed by atoms with Crippen molar-refractivity contribution in [1.29, 1.82) is 0 Å². The first-order valence-corrected chi connectivity index (χ1v) is 12.2. The number of aldehydes is 1. The molecule has 0 atom stereocenters. The summed E-state index contributed by atoms with van der Waals surface area (Å²) < 4.78 is 23.4. The Morgan fingerprint density at radius 2 is 1.71 bits per heavy atom. The summed E-state index contributed by atoms with van der Waals surface area (Å²) in [6, 6.07) is 24.0. The van der Waals surface area contributed by atoms with Gasteiger partial charge in [-0.25, -0.2) is 0 Å². The van der Waals surface area contributed by atoms with Crippen molar-refractivity contribution in [3.63, 3.8) is 0 Å². The van der Waals surface area contributed by atoms with E-state index in [1.807, 2.05) is 36.4 Å². The highest BCUT2D eigenvalue weighted by Crippen LogP contribution is 2.36. The molecule has 1 aliphatic heterocycles. The second-order valence-corrected chi connectivity index (χ2v) is 8.91. The largest absolute Gasteiger partial charge is 0.489 e. The van der Waals surface area contributed by atoms with Crippen LogP contribution in [0.3, 0.4) is 0 Å². The predicted molar refractivity (Wildman–Crippen MR) is 143 cm³/mol. The van der Waals surface area contributed by atoms with E-state index in [9.17, 15) is 9.59 Å². The standard InChI is InChI=1S/C31H27NO6/c1-20-25(6-3-7-27(20)22-9-11-28-30(15-22)36-13-12-35-28)19-37-26-10-8-24(17-33)29(16-26)38-18-21-4-2-5-23(14-21)31(32)34/h2-11,14-17H,12-13,18-19H2,1H3,(H2,32,34). The van der Waals surface area contributed by atoms with Crippen molar-refractivity contribution >= 4 is 12.2 Å². The number of benzene rings is 4. The molecule has 0 fully saturated rings. The Labute approximate surface area is 220 Å². The molecule has 192 valence electrons. The lowest BCUT2D eigenvalue weighted by atomic mass is 9.96. The third kappa shape index (κ3) is 5.47. The third-order valence-electron chi connectivity index (χ3n) is 6.41. The van der Waals surface area contributed by atoms with Crippen LogP contribution in [0.25, 0.3) is 11.1 Å². The Morgan fingerprint density at radius 1 is 0.895 bits per heavy atom. The molecule has 0 radical (unpaired) electrons. The van der Waals surface area contributed by atoms with Gasteiger partial charge in [0.25, 0.3) is 0 Å². The molecule has 4 aromatic carbocycles. The second-order valence-electron chi connectivity index (χ2n) is 8.91. The summed E-state index contributed by atoms with van der Waals surface area (Å²) in [5.74, 6) is 1.96. The molecule has 0 aliphatic carbocycles. The smallest absolute Gasteiger partial charge is 0.248 e. The Hall–Kier alpha value is -4.78. The van der Waals surface area contributed by atoms with Crippen molar-refractivity contribution in [3.8, 4) is 34.1 Å². The highest BCUT2D eigenvalue weighted by atomic mass is 16.6. The topological polar surface area (TPSA) is 97.1 Å². The summed E-state index contributed by atoms with van der Waals surface area (Å²) in [4.78, 5) is 23.0. The van der Waals surface area contributed by atoms with E-state index < -0.39 is 5.91 Å². The summed E-state index contributed by atoms with van der Waals surface area (Å²) in [7, 11) is 0. The molecular weight excluding hydrogens is 482 g/mol. The summed E-state index contributed by atoms with van der Waals surface area (Å²) >= 11 is 0. The molecule has 0 saturated carbocycles. The van der Waals surface area contributed by atoms with Crippen LogP contribution >= 0.6 is 0 Å². The fourth-order valence-corrected chi connectivity index (χ4v) is 4.33. The number of hydrogen-bond donors (Lipinski definition) is 1. The van der Waals surface area contributed by atoms with Crippen molar-refractivity contribution in [2.24, 2.45) is 5.73 Å². The van der Waals surface area contributed by atoms with E-state index in [1.54, 1.807) is 36.4 Å². The number of fused-ring (bicyclic) bond motifs is 1. The number of hydrogen-bond acceptors (Lipinski definition) is 6. The van der Waals surface area contributed by atoms with Crippen molar-refractivity contribution in [2.75, 3.05) is 13.2 Å². The maximum absolute atomic E-state index is 11.6. The van der Waals surface area contributed by atoms with E-state index in [0.717, 1.165) is 45.6 Å². The maximum Gasteiger partial charge on any atom is 0.248 e. The van der Waals surface area contributed by atoms with Gasteiger partial charge in [-0.1, -0.05) is 36.4 Å². The van der Waals surface area contributed by atoms with Crippen LogP contribution in [0.1, 0.15) is 37.4 Å². The van der Waals surface area contributed by atoms with Crippen LogP contribution in [-0.4, -0.2) is 25.4 Å². The molecule has 0 aromatic heterocycles. The van der Waals surface area contributed by atoms with Crippen molar-refractivity contribution in [3.05, 3.63) is 107 Å². The normalized spacial score (nSPS) is 12.0. The van der Waals surface area contributed by atoms with Crippen LogP contribution in [-0.2, 0) is 13.2 Å². The van der Waals surface area contributed by atoms with Gasteiger partial charge < -0.3 is 24.7 Å². The van der Waals surface area contributed by atoms with Gasteiger partial charge in [-0.3, -0.25) is 9.59 Å². The molecule has 5 rings (SSSR count). The van der Waals surface area contributed by atoms with Gasteiger partial charge in [0.1, 0.15) is 37.9 Å². The third-order valence-corrected chi connectivity index (χ3v) is 6.41. The molecule has 0 saturated heterocycles. The number of carbonyl (C=O) groups is 2. The average molecular weight is 510 g/mol. The van der Waals surface area contributed by atoms with Crippen molar-refractivity contribution in [1.82, 2.24) is 0 Å². The van der Waals surface area contributed by atoms with Crippen LogP contribution < -0.4 is 24.7 Å². The maximum atomic E-state index is 11.6. The number of rotatable bonds is 9. The summed E-state index contributed by atoms with van der Waals surface area (Å²) in [6.07, 6.45) is 0.736. The summed E-state index contributed by atoms with van der Waals surface area (Å²) in [5.41, 5.74) is 11.2. The molecule has 0 spiro atoms. The Morgan fingerprint density at radius 3 is 2.53 bits per heavy atom. The highest BCUT2D eigenvalue weighted by molar-refractivity contribution is 5.92. The van der Waals surface area contributed by atoms with Crippen LogP contribution in [0, 0.1) is 6.92 Å². The zero-order valence-corrected chi connectivity index (χ0v) is 20.9. The van der Waals surface area contributed by atoms with Crippen molar-refractivity contribution in [2.45, 2.75) is 20.1 Å². The van der Waals surface area contributed by atoms with E-state index >= 15 is 0 Å². The van der Waals surface area contributed by atoms with Crippen molar-refractivity contribution < 1.29 is 28.5 Å². The monoisotopic (exact) mass is 509 g/mol. The van der Waals surface area contributed by atoms with Gasteiger partial charge in [0.2, 0.25) is 5.91 Å². The van der Waals surface area contributed by atoms with E-state index in [-0.39, 0.29) is 6.61 Å². The quantitative estimate of drug-likeness (QED) is 0.299. The number of amides is 1. The number of ether oxygens (including phenoxy) is 4. The molecule has 4 aromatic rings. The molecule has 0 bridgehead atoms. The molecule has 38 heavy (non-hydrogen) atoms. The minimum atomic E-state index is -0.510. The van der Waals surface area contributed by atoms with E-state index in [4.69, 9.17) is 24.7 Å². The Kier molecular flexibility index (Phi) is 7.26. The molecule has 7 nitrogen and oxygen atoms in total. The minimum absolute atomic E-state index is 0.169. The zero-order chi connectivity index (χ0) is 26.5. The van der Waals surface area contributed by atoms with Gasteiger partial charge in [0.05, 0.1) is 5.56 Å². The SMILES string of the molecule is Cc1c(COc2ccc(C=O)c(OCc3cccc(C(N)=O)c3)c2)cccc1-c1ccc2c(c1)OCCO2. The molecule has 2 N–H and O–H groups in total. The average Bonchev–Trinajstić information content (AvgIpc) is 2.95. The van der Waals surface area contributed by atoms with Gasteiger partial charge in [-0.05, 0) is 71.1 Å². The van der Waals surface area contributed by atoms with Crippen LogP contribution in [0.15, 0.2) is 78.9 Å². The lowest BCUT2D eigenvalue weighted by Gasteiger charge is -2.20. The Bertz CT molecular complexity index is 1500. The number of nitrogens with two attached hydrogens (primary N) is 1. The van der Waals surface area contributed by atoms with Gasteiger partial charge >= 0.3 is 0 Å². The summed E-state index contributed by atoms with van der Waals surface area (Å²) in [6.45, 7) is 3.67. The number of primary amides is 1. The molecular formula is C31H27NO6. The van der Waals surface area contributed by atoms with Crippen LogP contribution in [0.5, 0.6) is 23.0 Å². The van der Waals surface area contributed by atoms with E-state index in [2.05, 4.69) is 13.0 Å². The fraction of sp³-hybridized carbons (Fsp3) is 0.161. The summed E-state index contributed by atoms with van der Waals surface area (Å²) in [5, 5.41) is 0. The van der Waals surface area contributed by atoms with E-state index in [1.165, 1.54) is 0 Å². The lowest BCUT2D eigenvalue weighted by Crippen LogP contribution is -2.15. The first-order valence-electron chi connectivity index (χ1n) is 12.2. The van der Waals surface area contributed by atoms with Gasteiger partial charge in [0.15, 0.2) is 17.8 Å². The molecule has 7 heteroatoms. The lowest BCUT2D eigenvalue weighted by molar-refractivity contribution is 0.0999. The van der Waals surface area contributed by atoms with E-state index in [0.29, 0.717) is 42.4 Å².